The molecular formula is C14H15ClN4O3. The fraction of sp³-hybridized carbons (Fsp3) is 0.286. The predicted molar refractivity (Wildman–Crippen MR) is 80.8 cm³/mol. The average Bonchev–Trinajstić information content (AvgIpc) is 2.72. The monoisotopic (exact) mass is 322 g/mol. The Labute approximate surface area is 132 Å². The molecule has 0 aromatic carbocycles. The molecule has 0 saturated carbocycles. The maximum absolute atomic E-state index is 11.9. The molecule has 0 fully saturated rings. The van der Waals surface area contributed by atoms with Crippen molar-refractivity contribution in [2.24, 2.45) is 7.05 Å². The van der Waals surface area contributed by atoms with Crippen LogP contribution in [0.15, 0.2) is 18.3 Å². The molecule has 22 heavy (non-hydrogen) atoms. The van der Waals surface area contributed by atoms with Crippen LogP contribution < -0.4 is 5.32 Å². The van der Waals surface area contributed by atoms with Crippen LogP contribution in [0.2, 0.25) is 5.15 Å². The molecule has 0 unspecified atom stereocenters. The third kappa shape index (κ3) is 3.43. The second-order valence-electron chi connectivity index (χ2n) is 4.64. The lowest BCUT2D eigenvalue weighted by Gasteiger charge is -2.07. The molecule has 2 rings (SSSR count). The minimum Gasteiger partial charge on any atom is -0.452 e. The number of hydrogen-bond donors (Lipinski definition) is 1. The largest absolute Gasteiger partial charge is 0.452 e. The van der Waals surface area contributed by atoms with Crippen molar-refractivity contribution in [1.82, 2.24) is 14.8 Å². The van der Waals surface area contributed by atoms with Gasteiger partial charge in [-0.15, -0.1) is 0 Å². The number of ether oxygens (including phenoxy) is 1. The molecule has 0 atom stereocenters. The van der Waals surface area contributed by atoms with Crippen LogP contribution in [0.4, 0.5) is 5.69 Å². The summed E-state index contributed by atoms with van der Waals surface area (Å²) in [6.45, 7) is 3.19. The van der Waals surface area contributed by atoms with Crippen molar-refractivity contribution in [2.75, 3.05) is 11.9 Å². The molecule has 1 N–H and O–H groups in total. The molecule has 116 valence electrons. The minimum absolute atomic E-state index is 0.0341. The van der Waals surface area contributed by atoms with E-state index < -0.39 is 18.5 Å². The van der Waals surface area contributed by atoms with Gasteiger partial charge in [0.1, 0.15) is 5.15 Å². The lowest BCUT2D eigenvalue weighted by molar-refractivity contribution is -0.119. The summed E-state index contributed by atoms with van der Waals surface area (Å²) in [6.07, 6.45) is 1.46. The number of pyridine rings is 1. The number of carbonyl (C=O) groups excluding carboxylic acids is 2. The number of amides is 1. The van der Waals surface area contributed by atoms with Crippen molar-refractivity contribution in [3.63, 3.8) is 0 Å². The summed E-state index contributed by atoms with van der Waals surface area (Å²) >= 11 is 5.78. The molecule has 0 aliphatic heterocycles. The third-order valence-corrected chi connectivity index (χ3v) is 3.39. The number of aryl methyl sites for hydroxylation is 2. The fourth-order valence-electron chi connectivity index (χ4n) is 1.88. The summed E-state index contributed by atoms with van der Waals surface area (Å²) in [5.74, 6) is -1.15. The van der Waals surface area contributed by atoms with E-state index in [9.17, 15) is 9.59 Å². The highest BCUT2D eigenvalue weighted by Gasteiger charge is 2.16. The van der Waals surface area contributed by atoms with Gasteiger partial charge in [0.05, 0.1) is 22.6 Å². The maximum Gasteiger partial charge on any atom is 0.341 e. The smallest absolute Gasteiger partial charge is 0.341 e. The number of nitrogens with one attached hydrogen (secondary N) is 1. The summed E-state index contributed by atoms with van der Waals surface area (Å²) < 4.78 is 6.59. The summed E-state index contributed by atoms with van der Waals surface area (Å²) in [7, 11) is 1.78. The predicted octanol–water partition coefficient (Wildman–Crippen LogP) is 1.88. The number of rotatable bonds is 4. The van der Waals surface area contributed by atoms with E-state index in [-0.39, 0.29) is 10.7 Å². The summed E-state index contributed by atoms with van der Waals surface area (Å²) in [4.78, 5) is 27.5. The summed E-state index contributed by atoms with van der Waals surface area (Å²) in [6, 6.07) is 3.04. The highest BCUT2D eigenvalue weighted by Crippen LogP contribution is 2.18. The molecule has 2 aromatic heterocycles. The Balaban J connectivity index is 1.96. The highest BCUT2D eigenvalue weighted by molar-refractivity contribution is 6.32. The van der Waals surface area contributed by atoms with Crippen LogP contribution in [-0.4, -0.2) is 33.2 Å². The molecule has 0 spiro atoms. The van der Waals surface area contributed by atoms with Gasteiger partial charge in [-0.25, -0.2) is 9.78 Å². The Morgan fingerprint density at radius 1 is 1.41 bits per heavy atom. The van der Waals surface area contributed by atoms with Crippen LogP contribution in [-0.2, 0) is 16.6 Å². The Bertz CT molecular complexity index is 727. The number of esters is 1. The minimum atomic E-state index is -0.701. The topological polar surface area (TPSA) is 86.1 Å². The first-order valence-corrected chi connectivity index (χ1v) is 6.85. The zero-order valence-electron chi connectivity index (χ0n) is 12.4. The van der Waals surface area contributed by atoms with Gasteiger partial charge in [-0.3, -0.25) is 9.48 Å². The summed E-state index contributed by atoms with van der Waals surface area (Å²) in [5, 5.41) is 6.89. The molecule has 8 heteroatoms. The number of carbonyl (C=O) groups is 2. The Morgan fingerprint density at radius 3 is 2.73 bits per heavy atom. The highest BCUT2D eigenvalue weighted by atomic mass is 35.5. The lowest BCUT2D eigenvalue weighted by atomic mass is 10.3. The number of hydrogen-bond acceptors (Lipinski definition) is 5. The molecule has 1 amide bonds. The van der Waals surface area contributed by atoms with Crippen LogP contribution in [0, 0.1) is 13.8 Å². The van der Waals surface area contributed by atoms with Gasteiger partial charge < -0.3 is 10.1 Å². The molecule has 7 nitrogen and oxygen atoms in total. The molecule has 0 saturated heterocycles. The number of nitrogens with zero attached hydrogens (tertiary/aromatic N) is 3. The second kappa shape index (κ2) is 6.57. The zero-order chi connectivity index (χ0) is 16.3. The van der Waals surface area contributed by atoms with Crippen molar-refractivity contribution in [3.8, 4) is 0 Å². The number of aromatic nitrogens is 3. The normalized spacial score (nSPS) is 10.4. The average molecular weight is 323 g/mol. The first kappa shape index (κ1) is 16.0. The Hall–Kier alpha value is -2.41. The van der Waals surface area contributed by atoms with Crippen LogP contribution in [0.1, 0.15) is 21.7 Å². The second-order valence-corrected chi connectivity index (χ2v) is 4.99. The molecule has 0 aliphatic carbocycles. The lowest BCUT2D eigenvalue weighted by Crippen LogP contribution is -2.21. The van der Waals surface area contributed by atoms with E-state index in [1.807, 2.05) is 6.92 Å². The maximum atomic E-state index is 11.9. The third-order valence-electron chi connectivity index (χ3n) is 3.09. The number of anilines is 1. The zero-order valence-corrected chi connectivity index (χ0v) is 13.1. The van der Waals surface area contributed by atoms with Gasteiger partial charge in [0.2, 0.25) is 0 Å². The van der Waals surface area contributed by atoms with Crippen molar-refractivity contribution in [1.29, 1.82) is 0 Å². The van der Waals surface area contributed by atoms with Gasteiger partial charge in [0.25, 0.3) is 5.91 Å². The molecule has 2 aromatic rings. The molecular weight excluding hydrogens is 308 g/mol. The van der Waals surface area contributed by atoms with Crippen LogP contribution in [0.5, 0.6) is 0 Å². The van der Waals surface area contributed by atoms with E-state index >= 15 is 0 Å². The van der Waals surface area contributed by atoms with Gasteiger partial charge in [-0.1, -0.05) is 11.6 Å². The summed E-state index contributed by atoms with van der Waals surface area (Å²) in [5.41, 5.74) is 2.23. The standard InChI is InChI=1S/C14H15ClN4O3/c1-8-12(9(2)19(3)18-8)17-11(20)7-22-14(21)10-5-4-6-16-13(10)15/h4-6H,7H2,1-3H3,(H,17,20). The fourth-order valence-corrected chi connectivity index (χ4v) is 2.07. The van der Waals surface area contributed by atoms with E-state index in [0.717, 1.165) is 5.69 Å². The number of halogens is 1. The van der Waals surface area contributed by atoms with E-state index in [1.54, 1.807) is 24.7 Å². The van der Waals surface area contributed by atoms with Crippen LogP contribution in [0.25, 0.3) is 0 Å². The van der Waals surface area contributed by atoms with Crippen molar-refractivity contribution >= 4 is 29.2 Å². The van der Waals surface area contributed by atoms with Gasteiger partial charge in [-0.2, -0.15) is 5.10 Å². The van der Waals surface area contributed by atoms with Gasteiger partial charge >= 0.3 is 5.97 Å². The molecule has 0 aliphatic rings. The van der Waals surface area contributed by atoms with Crippen LogP contribution >= 0.6 is 11.6 Å². The molecule has 0 bridgehead atoms. The Kier molecular flexibility index (Phi) is 4.77. The van der Waals surface area contributed by atoms with E-state index in [0.29, 0.717) is 11.4 Å². The van der Waals surface area contributed by atoms with E-state index in [2.05, 4.69) is 15.4 Å². The van der Waals surface area contributed by atoms with E-state index in [1.165, 1.54) is 12.3 Å². The first-order valence-electron chi connectivity index (χ1n) is 6.48. The van der Waals surface area contributed by atoms with E-state index in [4.69, 9.17) is 16.3 Å². The molecule has 2 heterocycles. The Morgan fingerprint density at radius 2 is 2.14 bits per heavy atom. The van der Waals surface area contributed by atoms with Gasteiger partial charge in [-0.05, 0) is 26.0 Å². The van der Waals surface area contributed by atoms with Gasteiger partial charge in [0.15, 0.2) is 6.61 Å². The van der Waals surface area contributed by atoms with Crippen molar-refractivity contribution in [2.45, 2.75) is 13.8 Å². The SMILES string of the molecule is Cc1nn(C)c(C)c1NC(=O)COC(=O)c1cccnc1Cl. The van der Waals surface area contributed by atoms with Crippen molar-refractivity contribution < 1.29 is 14.3 Å². The quantitative estimate of drug-likeness (QED) is 0.686. The van der Waals surface area contributed by atoms with Crippen LogP contribution in [0.3, 0.4) is 0 Å². The first-order chi connectivity index (χ1) is 10.4. The molecule has 0 radical (unpaired) electrons. The van der Waals surface area contributed by atoms with Crippen molar-refractivity contribution in [3.05, 3.63) is 40.4 Å². The van der Waals surface area contributed by atoms with Gasteiger partial charge in [0, 0.05) is 13.2 Å².